The van der Waals surface area contributed by atoms with Crippen molar-refractivity contribution in [3.05, 3.63) is 56.7 Å². The van der Waals surface area contributed by atoms with Gasteiger partial charge in [-0.3, -0.25) is 9.36 Å². The molecule has 0 atom stereocenters. The number of alkyl halides is 1. The van der Waals surface area contributed by atoms with Crippen LogP contribution < -0.4 is 5.56 Å². The van der Waals surface area contributed by atoms with Crippen LogP contribution in [0.5, 0.6) is 0 Å². The second-order valence-electron chi connectivity index (χ2n) is 3.56. The smallest absolute Gasteiger partial charge is 0.276 e. The minimum absolute atomic E-state index is 0.151. The van der Waals surface area contributed by atoms with Crippen LogP contribution in [0.2, 0.25) is 10.3 Å². The Morgan fingerprint density at radius 1 is 1.11 bits per heavy atom. The van der Waals surface area contributed by atoms with Gasteiger partial charge in [0.1, 0.15) is 0 Å². The molecule has 0 amide bonds. The topological polar surface area (TPSA) is 34.9 Å². The summed E-state index contributed by atoms with van der Waals surface area (Å²) in [5.74, 6) is 0.343. The Hall–Kier alpha value is -1.03. The number of hydrogen-bond donors (Lipinski definition) is 0. The lowest BCUT2D eigenvalue weighted by molar-refractivity contribution is 0.855. The van der Waals surface area contributed by atoms with E-state index in [9.17, 15) is 4.79 Å². The van der Waals surface area contributed by atoms with Crippen molar-refractivity contribution < 1.29 is 0 Å². The zero-order valence-electron chi connectivity index (χ0n) is 9.24. The second-order valence-corrected chi connectivity index (χ2v) is 4.65. The third-order valence-corrected chi connectivity index (χ3v) is 3.17. The van der Waals surface area contributed by atoms with Crippen LogP contribution in [0.4, 0.5) is 0 Å². The third kappa shape index (κ3) is 2.53. The maximum atomic E-state index is 12.1. The Bertz CT molecular complexity index is 611. The van der Waals surface area contributed by atoms with Crippen molar-refractivity contribution in [2.24, 2.45) is 0 Å². The molecule has 2 aromatic rings. The standard InChI is InChI=1S/C12H9Cl3N2O/c13-7-6-9-10(14)16-11(15)12(18)17(9)8-4-2-1-3-5-8/h1-5H,6-7H2. The van der Waals surface area contributed by atoms with Crippen molar-refractivity contribution in [2.45, 2.75) is 6.42 Å². The highest BCUT2D eigenvalue weighted by Crippen LogP contribution is 2.18. The van der Waals surface area contributed by atoms with Crippen molar-refractivity contribution in [1.82, 2.24) is 9.55 Å². The van der Waals surface area contributed by atoms with Gasteiger partial charge in [-0.2, -0.15) is 0 Å². The van der Waals surface area contributed by atoms with Gasteiger partial charge in [-0.15, -0.1) is 11.6 Å². The lowest BCUT2D eigenvalue weighted by Gasteiger charge is -2.13. The van der Waals surface area contributed by atoms with Crippen molar-refractivity contribution in [3.8, 4) is 5.69 Å². The minimum Gasteiger partial charge on any atom is -0.276 e. The van der Waals surface area contributed by atoms with E-state index in [1.807, 2.05) is 18.2 Å². The highest BCUT2D eigenvalue weighted by Gasteiger charge is 2.15. The van der Waals surface area contributed by atoms with Gasteiger partial charge in [-0.25, -0.2) is 4.98 Å². The number of benzene rings is 1. The van der Waals surface area contributed by atoms with Gasteiger partial charge in [0.25, 0.3) is 5.56 Å². The summed E-state index contributed by atoms with van der Waals surface area (Å²) >= 11 is 17.5. The van der Waals surface area contributed by atoms with E-state index >= 15 is 0 Å². The molecule has 1 aromatic heterocycles. The van der Waals surface area contributed by atoms with Gasteiger partial charge in [0.05, 0.1) is 5.69 Å². The van der Waals surface area contributed by atoms with Crippen LogP contribution in [0.1, 0.15) is 5.69 Å². The molecule has 0 radical (unpaired) electrons. The van der Waals surface area contributed by atoms with Crippen molar-refractivity contribution >= 4 is 34.8 Å². The van der Waals surface area contributed by atoms with Crippen LogP contribution in [-0.2, 0) is 6.42 Å². The van der Waals surface area contributed by atoms with E-state index in [0.717, 1.165) is 0 Å². The summed E-state index contributed by atoms with van der Waals surface area (Å²) in [5, 5.41) is 0.0475. The van der Waals surface area contributed by atoms with Crippen LogP contribution >= 0.6 is 34.8 Å². The first-order chi connectivity index (χ1) is 8.65. The zero-order valence-corrected chi connectivity index (χ0v) is 11.5. The van der Waals surface area contributed by atoms with E-state index < -0.39 is 5.56 Å². The summed E-state index contributed by atoms with van der Waals surface area (Å²) in [5.41, 5.74) is 0.855. The fourth-order valence-corrected chi connectivity index (χ4v) is 2.32. The van der Waals surface area contributed by atoms with Gasteiger partial charge in [-0.1, -0.05) is 41.4 Å². The first kappa shape index (κ1) is 13.4. The van der Waals surface area contributed by atoms with Gasteiger partial charge in [0.2, 0.25) is 0 Å². The fourth-order valence-electron chi connectivity index (χ4n) is 1.66. The Kier molecular flexibility index (Phi) is 4.27. The molecule has 0 saturated carbocycles. The molecule has 18 heavy (non-hydrogen) atoms. The predicted molar refractivity (Wildman–Crippen MR) is 74.3 cm³/mol. The Morgan fingerprint density at radius 3 is 2.39 bits per heavy atom. The molecule has 3 nitrogen and oxygen atoms in total. The quantitative estimate of drug-likeness (QED) is 0.815. The molecule has 0 aliphatic carbocycles. The number of hydrogen-bond acceptors (Lipinski definition) is 2. The molecule has 0 aliphatic heterocycles. The van der Waals surface area contributed by atoms with Crippen molar-refractivity contribution in [2.75, 3.05) is 5.88 Å². The van der Waals surface area contributed by atoms with Gasteiger partial charge in [0.15, 0.2) is 10.3 Å². The number of para-hydroxylation sites is 1. The molecule has 0 N–H and O–H groups in total. The van der Waals surface area contributed by atoms with Crippen LogP contribution in [0.25, 0.3) is 5.69 Å². The maximum absolute atomic E-state index is 12.1. The number of nitrogens with zero attached hydrogens (tertiary/aromatic N) is 2. The van der Waals surface area contributed by atoms with Crippen molar-refractivity contribution in [1.29, 1.82) is 0 Å². The third-order valence-electron chi connectivity index (χ3n) is 2.43. The minimum atomic E-state index is -0.396. The van der Waals surface area contributed by atoms with Gasteiger partial charge < -0.3 is 0 Å². The predicted octanol–water partition coefficient (Wildman–Crippen LogP) is 3.32. The lowest BCUT2D eigenvalue weighted by atomic mass is 10.2. The molecule has 1 heterocycles. The summed E-state index contributed by atoms with van der Waals surface area (Å²) in [4.78, 5) is 15.9. The molecular formula is C12H9Cl3N2O. The molecule has 0 spiro atoms. The Morgan fingerprint density at radius 2 is 1.78 bits per heavy atom. The van der Waals surface area contributed by atoms with Crippen LogP contribution in [0, 0.1) is 0 Å². The van der Waals surface area contributed by atoms with Gasteiger partial charge in [-0.05, 0) is 12.1 Å². The monoisotopic (exact) mass is 302 g/mol. The molecule has 0 saturated heterocycles. The summed E-state index contributed by atoms with van der Waals surface area (Å²) in [6.45, 7) is 0. The zero-order chi connectivity index (χ0) is 13.1. The highest BCUT2D eigenvalue weighted by atomic mass is 35.5. The van der Waals surface area contributed by atoms with Crippen LogP contribution in [0.15, 0.2) is 35.1 Å². The lowest BCUT2D eigenvalue weighted by Crippen LogP contribution is -2.24. The number of halogens is 3. The van der Waals surface area contributed by atoms with Crippen molar-refractivity contribution in [3.63, 3.8) is 0 Å². The van der Waals surface area contributed by atoms with E-state index in [-0.39, 0.29) is 10.3 Å². The van der Waals surface area contributed by atoms with Crippen LogP contribution in [0.3, 0.4) is 0 Å². The van der Waals surface area contributed by atoms with Gasteiger partial charge >= 0.3 is 0 Å². The molecule has 6 heteroatoms. The summed E-state index contributed by atoms with van der Waals surface area (Å²) in [6.07, 6.45) is 0.439. The van der Waals surface area contributed by atoms with E-state index in [1.54, 1.807) is 12.1 Å². The summed E-state index contributed by atoms with van der Waals surface area (Å²) in [6, 6.07) is 9.11. The molecule has 94 valence electrons. The number of rotatable bonds is 3. The molecular weight excluding hydrogens is 295 g/mol. The number of aromatic nitrogens is 2. The van der Waals surface area contributed by atoms with E-state index in [4.69, 9.17) is 34.8 Å². The average Bonchev–Trinajstić information content (AvgIpc) is 2.37. The van der Waals surface area contributed by atoms with E-state index in [0.29, 0.717) is 23.7 Å². The average molecular weight is 304 g/mol. The SMILES string of the molecule is O=c1c(Cl)nc(Cl)c(CCCl)n1-c1ccccc1. The van der Waals surface area contributed by atoms with E-state index in [1.165, 1.54) is 4.57 Å². The second kappa shape index (κ2) is 5.74. The first-order valence-electron chi connectivity index (χ1n) is 5.23. The normalized spacial score (nSPS) is 10.6. The largest absolute Gasteiger partial charge is 0.293 e. The molecule has 2 rings (SSSR count). The highest BCUT2D eigenvalue weighted by molar-refractivity contribution is 6.32. The first-order valence-corrected chi connectivity index (χ1v) is 6.52. The van der Waals surface area contributed by atoms with E-state index in [2.05, 4.69) is 4.98 Å². The molecule has 0 fully saturated rings. The Labute approximate surface area is 119 Å². The van der Waals surface area contributed by atoms with Gasteiger partial charge in [0, 0.05) is 18.0 Å². The molecule has 0 unspecified atom stereocenters. The summed E-state index contributed by atoms with van der Waals surface area (Å²) in [7, 11) is 0. The fraction of sp³-hybridized carbons (Fsp3) is 0.167. The molecule has 0 aliphatic rings. The molecule has 1 aromatic carbocycles. The molecule has 0 bridgehead atoms. The summed E-state index contributed by atoms with van der Waals surface area (Å²) < 4.78 is 1.44. The van der Waals surface area contributed by atoms with Crippen LogP contribution in [-0.4, -0.2) is 15.4 Å². The Balaban J connectivity index is 2.75. The maximum Gasteiger partial charge on any atom is 0.293 e.